The van der Waals surface area contributed by atoms with Gasteiger partial charge in [-0.2, -0.15) is 0 Å². The van der Waals surface area contributed by atoms with Gasteiger partial charge in [0.1, 0.15) is 17.6 Å². The van der Waals surface area contributed by atoms with Crippen molar-refractivity contribution in [3.05, 3.63) is 98.8 Å². The quantitative estimate of drug-likeness (QED) is 0.243. The van der Waals surface area contributed by atoms with Crippen LogP contribution in [0.1, 0.15) is 63.6 Å². The van der Waals surface area contributed by atoms with E-state index in [-0.39, 0.29) is 17.9 Å². The number of imidazole rings is 1. The fraction of sp³-hybridized carbons (Fsp3) is 0.258. The second kappa shape index (κ2) is 10.6. The van der Waals surface area contributed by atoms with Crippen molar-refractivity contribution in [1.82, 2.24) is 14.5 Å². The molecule has 1 aliphatic rings. The standard InChI is InChI=1S/C31H30Cl2N4O3/c1-17(2)36-28-26(34-29(36)23-15-20(30(38)35(4)5)10-14-25(23)40-6)31(39)37(24-16-22(33)11-7-18(24)3)27(28)19-8-12-21(32)13-9-19/h7-17,27H,1-6H3/t27-/m0/s1. The highest BCUT2D eigenvalue weighted by Crippen LogP contribution is 2.46. The Balaban J connectivity index is 1.79. The minimum atomic E-state index is -0.488. The highest BCUT2D eigenvalue weighted by Gasteiger charge is 2.45. The van der Waals surface area contributed by atoms with Crippen LogP contribution < -0.4 is 9.64 Å². The number of methoxy groups -OCH3 is 1. The number of carbonyl (C=O) groups excluding carboxylic acids is 2. The topological polar surface area (TPSA) is 67.7 Å². The molecule has 0 spiro atoms. The van der Waals surface area contributed by atoms with Crippen molar-refractivity contribution in [2.24, 2.45) is 0 Å². The fourth-order valence-electron chi connectivity index (χ4n) is 5.25. The third-order valence-electron chi connectivity index (χ3n) is 7.11. The van der Waals surface area contributed by atoms with Gasteiger partial charge in [-0.1, -0.05) is 41.4 Å². The van der Waals surface area contributed by atoms with E-state index in [1.807, 2.05) is 63.2 Å². The van der Waals surface area contributed by atoms with Crippen molar-refractivity contribution >= 4 is 40.7 Å². The molecule has 0 aliphatic carbocycles. The van der Waals surface area contributed by atoms with E-state index in [0.29, 0.717) is 44.1 Å². The lowest BCUT2D eigenvalue weighted by atomic mass is 10.0. The summed E-state index contributed by atoms with van der Waals surface area (Å²) < 4.78 is 7.76. The second-order valence-electron chi connectivity index (χ2n) is 10.3. The predicted molar refractivity (Wildman–Crippen MR) is 159 cm³/mol. The van der Waals surface area contributed by atoms with E-state index in [9.17, 15) is 9.59 Å². The second-order valence-corrected chi connectivity index (χ2v) is 11.2. The molecule has 7 nitrogen and oxygen atoms in total. The lowest BCUT2D eigenvalue weighted by Gasteiger charge is -2.29. The number of aryl methyl sites for hydroxylation is 1. The molecule has 0 fully saturated rings. The molecule has 5 rings (SSSR count). The van der Waals surface area contributed by atoms with Gasteiger partial charge in [0, 0.05) is 41.4 Å². The summed E-state index contributed by atoms with van der Waals surface area (Å²) >= 11 is 12.7. The van der Waals surface area contributed by atoms with Crippen LogP contribution in [0.5, 0.6) is 5.75 Å². The summed E-state index contributed by atoms with van der Waals surface area (Å²) in [4.78, 5) is 35.3. The Morgan fingerprint density at radius 2 is 1.68 bits per heavy atom. The van der Waals surface area contributed by atoms with Crippen LogP contribution in [0.4, 0.5) is 5.69 Å². The maximum absolute atomic E-state index is 14.2. The van der Waals surface area contributed by atoms with Crippen molar-refractivity contribution in [2.75, 3.05) is 26.1 Å². The van der Waals surface area contributed by atoms with Crippen LogP contribution >= 0.6 is 23.2 Å². The summed E-state index contributed by atoms with van der Waals surface area (Å²) in [6.45, 7) is 6.04. The number of amides is 2. The smallest absolute Gasteiger partial charge is 0.279 e. The SMILES string of the molecule is COc1ccc(C(=O)N(C)C)cc1-c1nc2c(n1C(C)C)[C@H](c1ccc(Cl)cc1)N(c1cc(Cl)ccc1C)C2=O. The molecule has 0 N–H and O–H groups in total. The van der Waals surface area contributed by atoms with Gasteiger partial charge in [0.15, 0.2) is 5.69 Å². The molecule has 3 aromatic carbocycles. The summed E-state index contributed by atoms with van der Waals surface area (Å²) in [7, 11) is 4.99. The molecule has 2 amide bonds. The maximum Gasteiger partial charge on any atom is 0.279 e. The number of benzene rings is 3. The number of ether oxygens (including phenoxy) is 1. The predicted octanol–water partition coefficient (Wildman–Crippen LogP) is 7.21. The van der Waals surface area contributed by atoms with Gasteiger partial charge in [-0.25, -0.2) is 4.98 Å². The highest BCUT2D eigenvalue weighted by molar-refractivity contribution is 6.31. The van der Waals surface area contributed by atoms with E-state index >= 15 is 0 Å². The first kappa shape index (κ1) is 27.7. The molecule has 0 bridgehead atoms. The molecule has 206 valence electrons. The molecule has 0 saturated carbocycles. The summed E-state index contributed by atoms with van der Waals surface area (Å²) in [5.41, 5.74) is 4.73. The molecule has 9 heteroatoms. The first-order valence-corrected chi connectivity index (χ1v) is 13.7. The largest absolute Gasteiger partial charge is 0.496 e. The average Bonchev–Trinajstić information content (AvgIpc) is 3.45. The minimum absolute atomic E-state index is 0.0767. The van der Waals surface area contributed by atoms with Gasteiger partial charge in [0.05, 0.1) is 18.4 Å². The first-order chi connectivity index (χ1) is 19.0. The van der Waals surface area contributed by atoms with Crippen LogP contribution in [0.3, 0.4) is 0 Å². The van der Waals surface area contributed by atoms with Crippen molar-refractivity contribution < 1.29 is 14.3 Å². The molecule has 40 heavy (non-hydrogen) atoms. The van der Waals surface area contributed by atoms with Crippen LogP contribution in [-0.2, 0) is 0 Å². The summed E-state index contributed by atoms with van der Waals surface area (Å²) in [6, 6.07) is 17.7. The van der Waals surface area contributed by atoms with E-state index in [1.54, 1.807) is 44.3 Å². The van der Waals surface area contributed by atoms with Crippen molar-refractivity contribution in [2.45, 2.75) is 32.9 Å². The number of fused-ring (bicyclic) bond motifs is 1. The Hall–Kier alpha value is -3.81. The van der Waals surface area contributed by atoms with Gasteiger partial charge in [0.25, 0.3) is 11.8 Å². The molecule has 1 aliphatic heterocycles. The monoisotopic (exact) mass is 576 g/mol. The number of rotatable bonds is 6. The minimum Gasteiger partial charge on any atom is -0.496 e. The number of carbonyl (C=O) groups is 2. The number of hydrogen-bond acceptors (Lipinski definition) is 4. The Labute approximate surface area is 243 Å². The zero-order valence-corrected chi connectivity index (χ0v) is 24.7. The van der Waals surface area contributed by atoms with E-state index < -0.39 is 6.04 Å². The Bertz CT molecular complexity index is 1630. The summed E-state index contributed by atoms with van der Waals surface area (Å²) in [5, 5.41) is 1.14. The van der Waals surface area contributed by atoms with E-state index in [1.165, 1.54) is 4.90 Å². The number of anilines is 1. The van der Waals surface area contributed by atoms with Gasteiger partial charge in [-0.05, 0) is 74.4 Å². The van der Waals surface area contributed by atoms with Gasteiger partial charge < -0.3 is 14.2 Å². The molecular weight excluding hydrogens is 547 g/mol. The molecule has 2 heterocycles. The Morgan fingerprint density at radius 3 is 2.30 bits per heavy atom. The van der Waals surface area contributed by atoms with Gasteiger partial charge in [-0.15, -0.1) is 0 Å². The molecule has 1 aromatic heterocycles. The van der Waals surface area contributed by atoms with Crippen LogP contribution in [-0.4, -0.2) is 47.5 Å². The van der Waals surface area contributed by atoms with Gasteiger partial charge >= 0.3 is 0 Å². The average molecular weight is 578 g/mol. The van der Waals surface area contributed by atoms with Crippen molar-refractivity contribution in [3.63, 3.8) is 0 Å². The lowest BCUT2D eigenvalue weighted by Crippen LogP contribution is -2.31. The Morgan fingerprint density at radius 1 is 1.00 bits per heavy atom. The first-order valence-electron chi connectivity index (χ1n) is 12.9. The normalized spacial score (nSPS) is 14.6. The third-order valence-corrected chi connectivity index (χ3v) is 7.60. The number of nitrogens with zero attached hydrogens (tertiary/aromatic N) is 4. The maximum atomic E-state index is 14.2. The van der Waals surface area contributed by atoms with Crippen LogP contribution in [0.25, 0.3) is 11.4 Å². The number of halogens is 2. The fourth-order valence-corrected chi connectivity index (χ4v) is 5.54. The molecule has 0 unspecified atom stereocenters. The molecule has 1 atom stereocenters. The highest BCUT2D eigenvalue weighted by atomic mass is 35.5. The number of aromatic nitrogens is 2. The van der Waals surface area contributed by atoms with E-state index in [2.05, 4.69) is 4.57 Å². The third kappa shape index (κ3) is 4.63. The zero-order valence-electron chi connectivity index (χ0n) is 23.2. The van der Waals surface area contributed by atoms with Crippen LogP contribution in [0.2, 0.25) is 10.0 Å². The summed E-state index contributed by atoms with van der Waals surface area (Å²) in [5.74, 6) is 0.733. The van der Waals surface area contributed by atoms with Gasteiger partial charge in [-0.3, -0.25) is 14.5 Å². The molecular formula is C31H30Cl2N4O3. The Kier molecular flexibility index (Phi) is 7.38. The van der Waals surface area contributed by atoms with Crippen molar-refractivity contribution in [1.29, 1.82) is 0 Å². The molecule has 4 aromatic rings. The van der Waals surface area contributed by atoms with E-state index in [4.69, 9.17) is 32.9 Å². The lowest BCUT2D eigenvalue weighted by molar-refractivity contribution is 0.0827. The number of hydrogen-bond donors (Lipinski definition) is 0. The van der Waals surface area contributed by atoms with Gasteiger partial charge in [0.2, 0.25) is 0 Å². The van der Waals surface area contributed by atoms with Crippen molar-refractivity contribution in [3.8, 4) is 17.1 Å². The molecule has 0 radical (unpaired) electrons. The van der Waals surface area contributed by atoms with Crippen LogP contribution in [0, 0.1) is 6.92 Å². The van der Waals surface area contributed by atoms with Crippen LogP contribution in [0.15, 0.2) is 60.7 Å². The molecule has 0 saturated heterocycles. The summed E-state index contributed by atoms with van der Waals surface area (Å²) in [6.07, 6.45) is 0. The zero-order chi connectivity index (χ0) is 28.9. The van der Waals surface area contributed by atoms with E-state index in [0.717, 1.165) is 16.8 Å².